The molecule has 3 rings (SSSR count). The van der Waals surface area contributed by atoms with Crippen molar-refractivity contribution >= 4 is 29.9 Å². The van der Waals surface area contributed by atoms with Crippen LogP contribution in [0.3, 0.4) is 0 Å². The Morgan fingerprint density at radius 2 is 2.27 bits per heavy atom. The smallest absolute Gasteiger partial charge is 0.188 e. The predicted octanol–water partition coefficient (Wildman–Crippen LogP) is 2.53. The highest BCUT2D eigenvalue weighted by Gasteiger charge is 2.23. The van der Waals surface area contributed by atoms with E-state index in [-0.39, 0.29) is 30.1 Å². The van der Waals surface area contributed by atoms with E-state index < -0.39 is 0 Å². The molecular weight excluding hydrogens is 443 g/mol. The van der Waals surface area contributed by atoms with Crippen LogP contribution < -0.4 is 20.5 Å². The number of likely N-dealkylation sites (tertiary alicyclic amines) is 1. The summed E-state index contributed by atoms with van der Waals surface area (Å²) in [6.45, 7) is 7.90. The van der Waals surface area contributed by atoms with Crippen LogP contribution in [0.25, 0.3) is 0 Å². The van der Waals surface area contributed by atoms with Crippen molar-refractivity contribution in [3.8, 4) is 11.5 Å². The van der Waals surface area contributed by atoms with E-state index in [2.05, 4.69) is 35.1 Å². The van der Waals surface area contributed by atoms with E-state index in [0.717, 1.165) is 36.6 Å². The van der Waals surface area contributed by atoms with Gasteiger partial charge in [0.15, 0.2) is 5.96 Å². The topological polar surface area (TPSA) is 72.1 Å². The Hall–Kier alpha value is -1.22. The maximum Gasteiger partial charge on any atom is 0.188 e. The van der Waals surface area contributed by atoms with Crippen LogP contribution in [0.4, 0.5) is 0 Å². The van der Waals surface area contributed by atoms with Crippen LogP contribution in [-0.4, -0.2) is 49.7 Å². The number of nitrogens with one attached hydrogen (secondary N) is 1. The molecule has 6 nitrogen and oxygen atoms in total. The van der Waals surface area contributed by atoms with Crippen molar-refractivity contribution in [3.05, 3.63) is 23.3 Å². The lowest BCUT2D eigenvalue weighted by Gasteiger charge is -2.23. The number of guanidine groups is 1. The zero-order chi connectivity index (χ0) is 17.8. The van der Waals surface area contributed by atoms with Gasteiger partial charge in [-0.2, -0.15) is 0 Å². The van der Waals surface area contributed by atoms with E-state index >= 15 is 0 Å². The van der Waals surface area contributed by atoms with Crippen LogP contribution >= 0.6 is 24.0 Å². The van der Waals surface area contributed by atoms with Crippen molar-refractivity contribution < 1.29 is 9.47 Å². The Morgan fingerprint density at radius 1 is 1.46 bits per heavy atom. The van der Waals surface area contributed by atoms with Gasteiger partial charge in [-0.25, -0.2) is 4.99 Å². The lowest BCUT2D eigenvalue weighted by atomic mass is 10.1. The number of benzene rings is 1. The van der Waals surface area contributed by atoms with Gasteiger partial charge in [-0.1, -0.05) is 6.92 Å². The number of rotatable bonds is 6. The van der Waals surface area contributed by atoms with Gasteiger partial charge in [-0.3, -0.25) is 4.90 Å². The van der Waals surface area contributed by atoms with Gasteiger partial charge in [-0.15, -0.1) is 24.0 Å². The minimum atomic E-state index is 0. The average molecular weight is 474 g/mol. The highest BCUT2D eigenvalue weighted by molar-refractivity contribution is 14.0. The first-order valence-electron chi connectivity index (χ1n) is 9.25. The number of ether oxygens (including phenoxy) is 2. The summed E-state index contributed by atoms with van der Waals surface area (Å²) >= 11 is 0. The Labute approximate surface area is 173 Å². The van der Waals surface area contributed by atoms with Gasteiger partial charge in [-0.05, 0) is 45.0 Å². The van der Waals surface area contributed by atoms with E-state index in [1.165, 1.54) is 24.9 Å². The quantitative estimate of drug-likeness (QED) is 0.377. The van der Waals surface area contributed by atoms with Crippen LogP contribution in [0, 0.1) is 0 Å². The molecule has 7 heteroatoms. The van der Waals surface area contributed by atoms with Gasteiger partial charge in [0.25, 0.3) is 0 Å². The molecule has 2 heterocycles. The average Bonchev–Trinajstić information content (AvgIpc) is 3.21. The molecule has 0 aromatic heterocycles. The first kappa shape index (κ1) is 21.1. The zero-order valence-corrected chi connectivity index (χ0v) is 18.3. The molecule has 2 unspecified atom stereocenters. The van der Waals surface area contributed by atoms with Crippen LogP contribution in [-0.2, 0) is 13.0 Å². The third-order valence-corrected chi connectivity index (χ3v) is 5.14. The summed E-state index contributed by atoms with van der Waals surface area (Å²) in [6.07, 6.45) is 3.64. The minimum absolute atomic E-state index is 0. The van der Waals surface area contributed by atoms with E-state index in [9.17, 15) is 0 Å². The van der Waals surface area contributed by atoms with Crippen molar-refractivity contribution in [1.29, 1.82) is 0 Å². The summed E-state index contributed by atoms with van der Waals surface area (Å²) in [5.41, 5.74) is 8.26. The summed E-state index contributed by atoms with van der Waals surface area (Å²) in [4.78, 5) is 6.98. The van der Waals surface area contributed by atoms with Crippen molar-refractivity contribution in [2.45, 2.75) is 51.8 Å². The maximum atomic E-state index is 6.06. The summed E-state index contributed by atoms with van der Waals surface area (Å²) in [6, 6.07) is 4.65. The summed E-state index contributed by atoms with van der Waals surface area (Å²) < 4.78 is 11.4. The Kier molecular flexibility index (Phi) is 7.82. The second-order valence-electron chi connectivity index (χ2n) is 6.91. The van der Waals surface area contributed by atoms with Crippen LogP contribution in [0.2, 0.25) is 0 Å². The Morgan fingerprint density at radius 3 is 3.00 bits per heavy atom. The molecular formula is C19H31IN4O2. The molecule has 0 radical (unpaired) electrons. The second-order valence-corrected chi connectivity index (χ2v) is 6.91. The summed E-state index contributed by atoms with van der Waals surface area (Å²) in [7, 11) is 1.69. The number of nitrogens with two attached hydrogens (primary N) is 1. The lowest BCUT2D eigenvalue weighted by molar-refractivity contribution is 0.254. The fraction of sp³-hybridized carbons (Fsp3) is 0.632. The largest absolute Gasteiger partial charge is 0.496 e. The molecule has 146 valence electrons. The van der Waals surface area contributed by atoms with Crippen molar-refractivity contribution in [1.82, 2.24) is 10.2 Å². The molecule has 3 N–H and O–H groups in total. The Bertz CT molecular complexity index is 638. The number of halogens is 1. The molecule has 0 amide bonds. The highest BCUT2D eigenvalue weighted by atomic mass is 127. The number of hydrogen-bond acceptors (Lipinski definition) is 4. The summed E-state index contributed by atoms with van der Waals surface area (Å²) in [5, 5.41) is 3.27. The third kappa shape index (κ3) is 4.94. The number of methoxy groups -OCH3 is 1. The zero-order valence-electron chi connectivity index (χ0n) is 16.0. The first-order chi connectivity index (χ1) is 12.1. The standard InChI is InChI=1S/C19H30N4O2.HI/c1-4-23-7-5-6-16(23)12-22-19(20)21-11-15-10-18-14(8-13(2)25-18)9-17(15)24-3;/h9-10,13,16H,4-8,11-12H2,1-3H3,(H3,20,21,22);1H. The number of nitrogens with zero attached hydrogens (tertiary/aromatic N) is 2. The number of likely N-dealkylation sites (N-methyl/N-ethyl adjacent to an activating group) is 1. The van der Waals surface area contributed by atoms with E-state index in [1.54, 1.807) is 7.11 Å². The van der Waals surface area contributed by atoms with Crippen molar-refractivity contribution in [2.24, 2.45) is 10.7 Å². The van der Waals surface area contributed by atoms with Crippen molar-refractivity contribution in [2.75, 3.05) is 26.7 Å². The molecule has 0 aliphatic carbocycles. The monoisotopic (exact) mass is 474 g/mol. The molecule has 2 aliphatic heterocycles. The van der Waals surface area contributed by atoms with Crippen LogP contribution in [0.1, 0.15) is 37.8 Å². The maximum absolute atomic E-state index is 6.06. The molecule has 1 saturated heterocycles. The molecule has 2 atom stereocenters. The van der Waals surface area contributed by atoms with Gasteiger partial charge in [0, 0.05) is 30.1 Å². The molecule has 1 fully saturated rings. The molecule has 1 aromatic rings. The molecule has 26 heavy (non-hydrogen) atoms. The number of hydrogen-bond donors (Lipinski definition) is 2. The predicted molar refractivity (Wildman–Crippen MR) is 116 cm³/mol. The SMILES string of the molecule is CCN1CCCC1CNC(N)=NCc1cc2c(cc1OC)CC(C)O2.I. The van der Waals surface area contributed by atoms with Gasteiger partial charge < -0.3 is 20.5 Å². The van der Waals surface area contributed by atoms with Crippen LogP contribution in [0.15, 0.2) is 17.1 Å². The van der Waals surface area contributed by atoms with E-state index in [4.69, 9.17) is 15.2 Å². The number of fused-ring (bicyclic) bond motifs is 1. The number of aliphatic imine (C=N–C) groups is 1. The van der Waals surface area contributed by atoms with Crippen molar-refractivity contribution in [3.63, 3.8) is 0 Å². The fourth-order valence-corrected chi connectivity index (χ4v) is 3.79. The summed E-state index contributed by atoms with van der Waals surface area (Å²) in [5.74, 6) is 2.27. The molecule has 0 saturated carbocycles. The first-order valence-corrected chi connectivity index (χ1v) is 9.25. The Balaban J connectivity index is 0.00000243. The van der Waals surface area contributed by atoms with E-state index in [1.807, 2.05) is 6.07 Å². The molecule has 0 bridgehead atoms. The third-order valence-electron chi connectivity index (χ3n) is 5.14. The fourth-order valence-electron chi connectivity index (χ4n) is 3.79. The molecule has 1 aromatic carbocycles. The van der Waals surface area contributed by atoms with Gasteiger partial charge in [0.2, 0.25) is 0 Å². The van der Waals surface area contributed by atoms with Gasteiger partial charge in [0.05, 0.1) is 13.7 Å². The lowest BCUT2D eigenvalue weighted by Crippen LogP contribution is -2.42. The van der Waals surface area contributed by atoms with Gasteiger partial charge >= 0.3 is 0 Å². The van der Waals surface area contributed by atoms with E-state index in [0.29, 0.717) is 18.5 Å². The molecule has 2 aliphatic rings. The van der Waals surface area contributed by atoms with Crippen LogP contribution in [0.5, 0.6) is 11.5 Å². The second kappa shape index (κ2) is 9.64. The minimum Gasteiger partial charge on any atom is -0.496 e. The normalized spacial score (nSPS) is 22.5. The van der Waals surface area contributed by atoms with Gasteiger partial charge in [0.1, 0.15) is 17.6 Å². The molecule has 0 spiro atoms. The highest BCUT2D eigenvalue weighted by Crippen LogP contribution is 2.35.